The Labute approximate surface area is 327 Å². The summed E-state index contributed by atoms with van der Waals surface area (Å²) in [7, 11) is 0. The summed E-state index contributed by atoms with van der Waals surface area (Å²) < 4.78 is 9.38. The molecule has 0 aliphatic carbocycles. The lowest BCUT2D eigenvalue weighted by molar-refractivity contribution is 0.670. The monoisotopic (exact) mass is 733 g/mol. The largest absolute Gasteiger partial charge is 0.455 e. The predicted octanol–water partition coefficient (Wildman–Crippen LogP) is 14.1. The van der Waals surface area contributed by atoms with Crippen LogP contribution in [0.25, 0.3) is 110 Å². The molecule has 8 aromatic carbocycles. The fourth-order valence-corrected chi connectivity index (χ4v) is 8.94. The number of hydrogen-bond donors (Lipinski definition) is 0. The molecular formula is C51H31N3OS. The molecule has 0 saturated heterocycles. The second kappa shape index (κ2) is 13.3. The predicted molar refractivity (Wildman–Crippen MR) is 233 cm³/mol. The van der Waals surface area contributed by atoms with Gasteiger partial charge >= 0.3 is 0 Å². The second-order valence-electron chi connectivity index (χ2n) is 14.0. The highest BCUT2D eigenvalue weighted by atomic mass is 32.1. The van der Waals surface area contributed by atoms with E-state index in [9.17, 15) is 0 Å². The number of nitrogens with zero attached hydrogens (tertiary/aromatic N) is 3. The average Bonchev–Trinajstić information content (AvgIpc) is 3.85. The Kier molecular flexibility index (Phi) is 7.64. The van der Waals surface area contributed by atoms with E-state index in [0.29, 0.717) is 17.5 Å². The van der Waals surface area contributed by atoms with Gasteiger partial charge in [-0.15, -0.1) is 11.3 Å². The summed E-state index contributed by atoms with van der Waals surface area (Å²) in [4.78, 5) is 14.9. The van der Waals surface area contributed by atoms with Crippen LogP contribution in [0.3, 0.4) is 0 Å². The molecule has 0 aliphatic heterocycles. The molecule has 0 spiro atoms. The van der Waals surface area contributed by atoms with Crippen LogP contribution in [-0.4, -0.2) is 15.0 Å². The van der Waals surface area contributed by atoms with Crippen LogP contribution < -0.4 is 0 Å². The number of hydrogen-bond acceptors (Lipinski definition) is 5. The Bertz CT molecular complexity index is 3200. The minimum absolute atomic E-state index is 0.616. The summed E-state index contributed by atoms with van der Waals surface area (Å²) in [6, 6.07) is 65.7. The van der Waals surface area contributed by atoms with Crippen LogP contribution in [0, 0.1) is 0 Å². The third kappa shape index (κ3) is 5.56. The maximum absolute atomic E-state index is 6.75. The number of aromatic nitrogens is 3. The average molecular weight is 734 g/mol. The van der Waals surface area contributed by atoms with Crippen LogP contribution in [0.2, 0.25) is 0 Å². The lowest BCUT2D eigenvalue weighted by atomic mass is 9.94. The van der Waals surface area contributed by atoms with Crippen LogP contribution in [-0.2, 0) is 0 Å². The number of rotatable bonds is 6. The number of furan rings is 1. The van der Waals surface area contributed by atoms with E-state index in [0.717, 1.165) is 60.9 Å². The molecule has 11 rings (SSSR count). The van der Waals surface area contributed by atoms with E-state index < -0.39 is 0 Å². The Balaban J connectivity index is 1.01. The molecule has 0 N–H and O–H groups in total. The van der Waals surface area contributed by atoms with Gasteiger partial charge in [0.15, 0.2) is 17.5 Å². The third-order valence-corrected chi connectivity index (χ3v) is 11.7. The first-order chi connectivity index (χ1) is 27.7. The molecule has 0 radical (unpaired) electrons. The van der Waals surface area contributed by atoms with Crippen LogP contribution in [0.15, 0.2) is 192 Å². The van der Waals surface area contributed by atoms with Gasteiger partial charge < -0.3 is 4.42 Å². The first-order valence-electron chi connectivity index (χ1n) is 18.7. The van der Waals surface area contributed by atoms with Crippen molar-refractivity contribution < 1.29 is 4.42 Å². The Hall–Kier alpha value is -7.21. The highest BCUT2D eigenvalue weighted by Gasteiger charge is 2.18. The fourth-order valence-electron chi connectivity index (χ4n) is 7.85. The molecule has 56 heavy (non-hydrogen) atoms. The molecule has 0 amide bonds. The summed E-state index contributed by atoms with van der Waals surface area (Å²) in [5.74, 6) is 1.89. The number of para-hydroxylation sites is 1. The molecule has 0 atom stereocenters. The van der Waals surface area contributed by atoms with Crippen LogP contribution >= 0.6 is 11.3 Å². The summed E-state index contributed by atoms with van der Waals surface area (Å²) in [6.07, 6.45) is 0. The summed E-state index contributed by atoms with van der Waals surface area (Å²) in [5.41, 5.74) is 11.2. The molecule has 3 aromatic heterocycles. The maximum Gasteiger partial charge on any atom is 0.164 e. The quantitative estimate of drug-likeness (QED) is 0.171. The van der Waals surface area contributed by atoms with Crippen molar-refractivity contribution in [2.24, 2.45) is 0 Å². The van der Waals surface area contributed by atoms with E-state index in [1.54, 1.807) is 0 Å². The molecular weight excluding hydrogens is 703 g/mol. The van der Waals surface area contributed by atoms with Gasteiger partial charge in [0.1, 0.15) is 11.2 Å². The van der Waals surface area contributed by atoms with Gasteiger partial charge in [0, 0.05) is 53.2 Å². The molecule has 3 heterocycles. The van der Waals surface area contributed by atoms with Gasteiger partial charge in [0.25, 0.3) is 0 Å². The van der Waals surface area contributed by atoms with Gasteiger partial charge in [-0.05, 0) is 64.2 Å². The minimum Gasteiger partial charge on any atom is -0.455 e. The Morgan fingerprint density at radius 3 is 1.62 bits per heavy atom. The smallest absolute Gasteiger partial charge is 0.164 e. The van der Waals surface area contributed by atoms with Crippen LogP contribution in [0.4, 0.5) is 0 Å². The number of benzene rings is 8. The van der Waals surface area contributed by atoms with E-state index in [1.165, 1.54) is 31.3 Å². The molecule has 0 fully saturated rings. The van der Waals surface area contributed by atoms with Gasteiger partial charge in [-0.1, -0.05) is 152 Å². The van der Waals surface area contributed by atoms with E-state index in [-0.39, 0.29) is 0 Å². The van der Waals surface area contributed by atoms with E-state index >= 15 is 0 Å². The van der Waals surface area contributed by atoms with Crippen molar-refractivity contribution in [1.82, 2.24) is 15.0 Å². The van der Waals surface area contributed by atoms with E-state index in [1.807, 2.05) is 72.0 Å². The highest BCUT2D eigenvalue weighted by Crippen LogP contribution is 2.42. The fraction of sp³-hybridized carbons (Fsp3) is 0. The lowest BCUT2D eigenvalue weighted by Crippen LogP contribution is -2.00. The number of fused-ring (bicyclic) bond motifs is 6. The van der Waals surface area contributed by atoms with Gasteiger partial charge in [-0.25, -0.2) is 15.0 Å². The van der Waals surface area contributed by atoms with Gasteiger partial charge in [-0.3, -0.25) is 0 Å². The van der Waals surface area contributed by atoms with Crippen molar-refractivity contribution >= 4 is 53.4 Å². The van der Waals surface area contributed by atoms with Crippen molar-refractivity contribution in [2.45, 2.75) is 0 Å². The third-order valence-electron chi connectivity index (χ3n) is 10.5. The normalized spacial score (nSPS) is 11.6. The molecule has 4 nitrogen and oxygen atoms in total. The zero-order valence-electron chi connectivity index (χ0n) is 30.1. The zero-order valence-corrected chi connectivity index (χ0v) is 30.9. The summed E-state index contributed by atoms with van der Waals surface area (Å²) in [5, 5.41) is 4.79. The Morgan fingerprint density at radius 1 is 0.339 bits per heavy atom. The van der Waals surface area contributed by atoms with Crippen LogP contribution in [0.1, 0.15) is 0 Å². The van der Waals surface area contributed by atoms with Crippen molar-refractivity contribution in [1.29, 1.82) is 0 Å². The van der Waals surface area contributed by atoms with E-state index in [4.69, 9.17) is 19.4 Å². The molecule has 0 aliphatic rings. The van der Waals surface area contributed by atoms with Crippen molar-refractivity contribution in [2.75, 3.05) is 0 Å². The van der Waals surface area contributed by atoms with Crippen LogP contribution in [0.5, 0.6) is 0 Å². The molecule has 5 heteroatoms. The summed E-state index contributed by atoms with van der Waals surface area (Å²) >= 11 is 1.85. The van der Waals surface area contributed by atoms with Gasteiger partial charge in [-0.2, -0.15) is 0 Å². The lowest BCUT2D eigenvalue weighted by Gasteiger charge is -2.10. The molecule has 0 bridgehead atoms. The molecule has 0 unspecified atom stereocenters. The maximum atomic E-state index is 6.75. The zero-order chi connectivity index (χ0) is 37.0. The van der Waals surface area contributed by atoms with Gasteiger partial charge in [0.05, 0.1) is 0 Å². The first kappa shape index (κ1) is 32.2. The number of thiophene rings is 1. The van der Waals surface area contributed by atoms with E-state index in [2.05, 4.69) is 127 Å². The standard InChI is InChI=1S/C51H31N3OS/c1-3-13-32(14-4-1)49-52-50(33-15-5-2-6-16-33)54-51(53-49)38-20-10-19-37(30-38)40-23-11-24-42-47-39(22-12-25-44(47)55-48(40)42)36-18-9-17-34(29-36)35-27-28-46-43(31-35)41-21-7-8-26-45(41)56-46/h1-31H. The summed E-state index contributed by atoms with van der Waals surface area (Å²) in [6.45, 7) is 0. The van der Waals surface area contributed by atoms with Gasteiger partial charge in [0.2, 0.25) is 0 Å². The SMILES string of the molecule is c1ccc(-c2nc(-c3ccccc3)nc(-c3cccc(-c4cccc5c4oc4cccc(-c6cccc(-c7ccc8sc9ccccc9c8c7)c6)c45)c3)n2)cc1. The molecule has 11 aromatic rings. The van der Waals surface area contributed by atoms with Crippen molar-refractivity contribution in [3.8, 4) is 67.5 Å². The molecule has 262 valence electrons. The van der Waals surface area contributed by atoms with Crippen molar-refractivity contribution in [3.05, 3.63) is 188 Å². The molecule has 0 saturated carbocycles. The second-order valence-corrected chi connectivity index (χ2v) is 15.1. The topological polar surface area (TPSA) is 51.8 Å². The van der Waals surface area contributed by atoms with Crippen molar-refractivity contribution in [3.63, 3.8) is 0 Å². The first-order valence-corrected chi connectivity index (χ1v) is 19.5. The Morgan fingerprint density at radius 2 is 0.857 bits per heavy atom. The minimum atomic E-state index is 0.616. The highest BCUT2D eigenvalue weighted by molar-refractivity contribution is 7.25.